The van der Waals surface area contributed by atoms with E-state index < -0.39 is 12.0 Å². The first-order valence-corrected chi connectivity index (χ1v) is 4.23. The summed E-state index contributed by atoms with van der Waals surface area (Å²) in [5.74, 6) is -0.938. The molecular weight excluding hydrogens is 182 g/mol. The quantitative estimate of drug-likeness (QED) is 0.766. The van der Waals surface area contributed by atoms with Crippen LogP contribution in [-0.4, -0.2) is 23.7 Å². The molecule has 2 rings (SSSR count). The van der Waals surface area contributed by atoms with E-state index in [0.717, 1.165) is 5.69 Å². The van der Waals surface area contributed by atoms with E-state index in [1.165, 1.54) is 0 Å². The molecule has 1 aliphatic heterocycles. The zero-order chi connectivity index (χ0) is 9.97. The number of benzene rings is 1. The van der Waals surface area contributed by atoms with Crippen molar-refractivity contribution in [2.45, 2.75) is 6.04 Å². The number of anilines is 1. The Hall–Kier alpha value is -1.91. The van der Waals surface area contributed by atoms with Gasteiger partial charge < -0.3 is 5.11 Å². The molecule has 1 unspecified atom stereocenters. The third kappa shape index (κ3) is 1.56. The normalized spacial score (nSPS) is 20.0. The summed E-state index contributed by atoms with van der Waals surface area (Å²) in [6.45, 7) is 0.305. The molecule has 5 nitrogen and oxygen atoms in total. The van der Waals surface area contributed by atoms with E-state index >= 15 is 0 Å². The van der Waals surface area contributed by atoms with Gasteiger partial charge in [0.25, 0.3) is 0 Å². The number of hydrogen-bond donors (Lipinski definition) is 1. The highest BCUT2D eigenvalue weighted by Gasteiger charge is 2.26. The number of para-hydroxylation sites is 1. The van der Waals surface area contributed by atoms with Gasteiger partial charge in [-0.3, -0.25) is 0 Å². The van der Waals surface area contributed by atoms with Crippen LogP contribution in [0.5, 0.6) is 0 Å². The van der Waals surface area contributed by atoms with E-state index in [-0.39, 0.29) is 0 Å². The maximum atomic E-state index is 10.6. The number of hydrogen-bond acceptors (Lipinski definition) is 4. The lowest BCUT2D eigenvalue weighted by molar-refractivity contribution is -0.138. The molecule has 1 N–H and O–H groups in total. The Morgan fingerprint density at radius 2 is 2.14 bits per heavy atom. The predicted molar refractivity (Wildman–Crippen MR) is 50.1 cm³/mol. The van der Waals surface area contributed by atoms with Crippen LogP contribution in [0.3, 0.4) is 0 Å². The van der Waals surface area contributed by atoms with Crippen molar-refractivity contribution in [1.82, 2.24) is 0 Å². The van der Waals surface area contributed by atoms with Crippen LogP contribution >= 0.6 is 0 Å². The van der Waals surface area contributed by atoms with Crippen molar-refractivity contribution >= 4 is 11.7 Å². The van der Waals surface area contributed by atoms with Crippen LogP contribution in [0.4, 0.5) is 5.69 Å². The van der Waals surface area contributed by atoms with Crippen LogP contribution in [0.1, 0.15) is 0 Å². The molecule has 0 saturated carbocycles. The summed E-state index contributed by atoms with van der Waals surface area (Å²) >= 11 is 0. The molecule has 0 bridgehead atoms. The third-order valence-corrected chi connectivity index (χ3v) is 1.98. The van der Waals surface area contributed by atoms with E-state index in [0.29, 0.717) is 6.54 Å². The van der Waals surface area contributed by atoms with Crippen molar-refractivity contribution in [2.75, 3.05) is 11.6 Å². The molecule has 0 aliphatic carbocycles. The highest BCUT2D eigenvalue weighted by molar-refractivity contribution is 5.75. The number of carbonyl (C=O) groups is 1. The van der Waals surface area contributed by atoms with Gasteiger partial charge in [-0.25, -0.2) is 9.80 Å². The van der Waals surface area contributed by atoms with Crippen molar-refractivity contribution in [2.24, 2.45) is 10.3 Å². The zero-order valence-electron chi connectivity index (χ0n) is 7.37. The van der Waals surface area contributed by atoms with Gasteiger partial charge in [-0.05, 0) is 12.1 Å². The first-order valence-electron chi connectivity index (χ1n) is 4.23. The summed E-state index contributed by atoms with van der Waals surface area (Å²) in [7, 11) is 0. The highest BCUT2D eigenvalue weighted by Crippen LogP contribution is 2.19. The van der Waals surface area contributed by atoms with Crippen molar-refractivity contribution in [3.8, 4) is 0 Å². The van der Waals surface area contributed by atoms with Gasteiger partial charge in [0.1, 0.15) is 0 Å². The van der Waals surface area contributed by atoms with Crippen LogP contribution in [0.2, 0.25) is 0 Å². The number of aliphatic carboxylic acids is 1. The predicted octanol–water partition coefficient (Wildman–Crippen LogP) is 1.33. The summed E-state index contributed by atoms with van der Waals surface area (Å²) in [6.07, 6.45) is 0. The van der Waals surface area contributed by atoms with Crippen LogP contribution in [0.25, 0.3) is 0 Å². The number of carboxylic acid groups (broad SMARTS) is 1. The van der Waals surface area contributed by atoms with Crippen molar-refractivity contribution in [3.05, 3.63) is 30.3 Å². The number of nitrogens with zero attached hydrogens (tertiary/aromatic N) is 3. The molecule has 0 saturated heterocycles. The van der Waals surface area contributed by atoms with Gasteiger partial charge in [0.15, 0.2) is 6.04 Å². The Bertz CT molecular complexity index is 364. The molecule has 0 spiro atoms. The smallest absolute Gasteiger partial charge is 0.332 e. The fourth-order valence-electron chi connectivity index (χ4n) is 1.25. The third-order valence-electron chi connectivity index (χ3n) is 1.98. The molecule has 5 heteroatoms. The zero-order valence-corrected chi connectivity index (χ0v) is 7.37. The summed E-state index contributed by atoms with van der Waals surface area (Å²) in [5.41, 5.74) is 0.861. The summed E-state index contributed by atoms with van der Waals surface area (Å²) in [5, 5.41) is 17.7. The first kappa shape index (κ1) is 8.68. The molecule has 0 fully saturated rings. The topological polar surface area (TPSA) is 65.3 Å². The summed E-state index contributed by atoms with van der Waals surface area (Å²) < 4.78 is 0. The molecule has 1 aromatic rings. The lowest BCUT2D eigenvalue weighted by atomic mass is 10.3. The van der Waals surface area contributed by atoms with Gasteiger partial charge in [0.05, 0.1) is 12.2 Å². The van der Waals surface area contributed by atoms with Crippen LogP contribution in [0, 0.1) is 0 Å². The van der Waals surface area contributed by atoms with Crippen LogP contribution in [0.15, 0.2) is 40.7 Å². The van der Waals surface area contributed by atoms with Crippen molar-refractivity contribution in [3.63, 3.8) is 0 Å². The maximum absolute atomic E-state index is 10.6. The average molecular weight is 191 g/mol. The molecular formula is C9H9N3O2. The fourth-order valence-corrected chi connectivity index (χ4v) is 1.25. The van der Waals surface area contributed by atoms with Crippen molar-refractivity contribution in [1.29, 1.82) is 0 Å². The molecule has 0 aromatic heterocycles. The van der Waals surface area contributed by atoms with E-state index in [1.807, 2.05) is 30.3 Å². The number of carboxylic acids is 1. The molecule has 1 aromatic carbocycles. The molecule has 1 atom stereocenters. The van der Waals surface area contributed by atoms with Gasteiger partial charge >= 0.3 is 5.97 Å². The van der Waals surface area contributed by atoms with E-state index in [9.17, 15) is 4.79 Å². The first-order chi connectivity index (χ1) is 6.77. The fraction of sp³-hybridized carbons (Fsp3) is 0.222. The van der Waals surface area contributed by atoms with Gasteiger partial charge in [0, 0.05) is 0 Å². The molecule has 1 aliphatic rings. The van der Waals surface area contributed by atoms with Crippen LogP contribution in [-0.2, 0) is 4.79 Å². The Labute approximate surface area is 80.7 Å². The Morgan fingerprint density at radius 1 is 1.43 bits per heavy atom. The Balaban J connectivity index is 2.11. The Morgan fingerprint density at radius 3 is 2.71 bits per heavy atom. The minimum atomic E-state index is -0.938. The van der Waals surface area contributed by atoms with Gasteiger partial charge in [-0.2, -0.15) is 5.11 Å². The molecule has 72 valence electrons. The summed E-state index contributed by atoms with van der Waals surface area (Å²) in [4.78, 5) is 10.6. The van der Waals surface area contributed by atoms with Gasteiger partial charge in [0.2, 0.25) is 0 Å². The number of rotatable bonds is 2. The molecule has 14 heavy (non-hydrogen) atoms. The maximum Gasteiger partial charge on any atom is 0.332 e. The molecule has 1 heterocycles. The highest BCUT2D eigenvalue weighted by atomic mass is 16.4. The lowest BCUT2D eigenvalue weighted by Gasteiger charge is -2.11. The van der Waals surface area contributed by atoms with E-state index in [1.54, 1.807) is 5.01 Å². The second kappa shape index (κ2) is 3.45. The van der Waals surface area contributed by atoms with Gasteiger partial charge in [-0.15, -0.1) is 0 Å². The molecule has 0 radical (unpaired) electrons. The average Bonchev–Trinajstić information content (AvgIpc) is 2.68. The van der Waals surface area contributed by atoms with E-state index in [4.69, 9.17) is 5.11 Å². The van der Waals surface area contributed by atoms with Gasteiger partial charge in [-0.1, -0.05) is 23.4 Å². The monoisotopic (exact) mass is 191 g/mol. The van der Waals surface area contributed by atoms with Crippen LogP contribution < -0.4 is 5.01 Å². The van der Waals surface area contributed by atoms with E-state index in [2.05, 4.69) is 10.3 Å². The second-order valence-corrected chi connectivity index (χ2v) is 2.98. The minimum absolute atomic E-state index is 0.305. The lowest BCUT2D eigenvalue weighted by Crippen LogP contribution is -2.26. The Kier molecular flexibility index (Phi) is 2.14. The minimum Gasteiger partial charge on any atom is -0.480 e. The molecule has 0 amide bonds. The van der Waals surface area contributed by atoms with Crippen molar-refractivity contribution < 1.29 is 9.90 Å². The SMILES string of the molecule is O=C(O)C1CN(c2ccccc2)N=N1. The largest absolute Gasteiger partial charge is 0.480 e. The standard InChI is InChI=1S/C9H9N3O2/c13-9(14)8-6-12(11-10-8)7-4-2-1-3-5-7/h1-5,8H,6H2,(H,13,14). The second-order valence-electron chi connectivity index (χ2n) is 2.98. The summed E-state index contributed by atoms with van der Waals surface area (Å²) in [6, 6.07) is 8.63.